The average Bonchev–Trinajstić information content (AvgIpc) is 3.21. The predicted octanol–water partition coefficient (Wildman–Crippen LogP) is 2.30. The van der Waals surface area contributed by atoms with E-state index in [-0.39, 0.29) is 11.9 Å². The Balaban J connectivity index is 1.71. The maximum absolute atomic E-state index is 12.7. The number of anilines is 1. The summed E-state index contributed by atoms with van der Waals surface area (Å²) in [6.45, 7) is 1.05. The van der Waals surface area contributed by atoms with Crippen LogP contribution in [0.1, 0.15) is 22.5 Å². The summed E-state index contributed by atoms with van der Waals surface area (Å²) in [6.07, 6.45) is 2.20. The number of ether oxygens (including phenoxy) is 1. The maximum Gasteiger partial charge on any atom is 0.341 e. The van der Waals surface area contributed by atoms with Gasteiger partial charge in [0, 0.05) is 12.2 Å². The molecule has 24 heavy (non-hydrogen) atoms. The maximum atomic E-state index is 12.7. The quantitative estimate of drug-likeness (QED) is 0.788. The van der Waals surface area contributed by atoms with Crippen molar-refractivity contribution < 1.29 is 18.7 Å². The molecule has 1 amide bonds. The molecular formula is C18H20N2O4. The minimum absolute atomic E-state index is 0.0647. The number of amides is 1. The van der Waals surface area contributed by atoms with Gasteiger partial charge in [-0.15, -0.1) is 0 Å². The van der Waals surface area contributed by atoms with Crippen LogP contribution in [0.25, 0.3) is 0 Å². The number of carbonyl (C=O) groups is 2. The normalized spacial score (nSPS) is 17.5. The van der Waals surface area contributed by atoms with E-state index in [1.165, 1.54) is 13.4 Å². The molecule has 0 N–H and O–H groups in total. The Kier molecular flexibility index (Phi) is 4.66. The first-order valence-electron chi connectivity index (χ1n) is 7.83. The second kappa shape index (κ2) is 6.88. The van der Waals surface area contributed by atoms with Crippen molar-refractivity contribution in [2.24, 2.45) is 0 Å². The zero-order valence-electron chi connectivity index (χ0n) is 13.8. The highest BCUT2D eigenvalue weighted by Gasteiger charge is 2.35. The van der Waals surface area contributed by atoms with Gasteiger partial charge in [-0.3, -0.25) is 9.69 Å². The number of benzene rings is 1. The molecule has 1 aromatic heterocycles. The third-order valence-corrected chi connectivity index (χ3v) is 4.32. The number of carbonyl (C=O) groups excluding carboxylic acids is 2. The Morgan fingerprint density at radius 3 is 2.79 bits per heavy atom. The highest BCUT2D eigenvalue weighted by atomic mass is 16.5. The van der Waals surface area contributed by atoms with Crippen molar-refractivity contribution in [3.05, 3.63) is 54.0 Å². The van der Waals surface area contributed by atoms with E-state index < -0.39 is 5.97 Å². The van der Waals surface area contributed by atoms with Crippen molar-refractivity contribution >= 4 is 17.6 Å². The Labute approximate surface area is 140 Å². The molecule has 0 bridgehead atoms. The third-order valence-electron chi connectivity index (χ3n) is 4.32. The van der Waals surface area contributed by atoms with Crippen LogP contribution in [-0.2, 0) is 16.1 Å². The number of esters is 1. The second-order valence-electron chi connectivity index (χ2n) is 5.79. The summed E-state index contributed by atoms with van der Waals surface area (Å²) in [4.78, 5) is 28.1. The van der Waals surface area contributed by atoms with Gasteiger partial charge < -0.3 is 14.1 Å². The topological polar surface area (TPSA) is 63.0 Å². The molecule has 0 aliphatic carbocycles. The van der Waals surface area contributed by atoms with Crippen molar-refractivity contribution in [3.63, 3.8) is 0 Å². The van der Waals surface area contributed by atoms with Gasteiger partial charge >= 0.3 is 5.97 Å². The van der Waals surface area contributed by atoms with E-state index in [1.807, 2.05) is 42.3 Å². The standard InChI is InChI=1S/C18H20N2O4/c1-19(12-16-14(9-11-24-16)18(22)23-2)15-8-10-20(17(15)21)13-6-4-3-5-7-13/h3-7,9,11,15H,8,10,12H2,1-2H3. The highest BCUT2D eigenvalue weighted by Crippen LogP contribution is 2.25. The monoisotopic (exact) mass is 328 g/mol. The summed E-state index contributed by atoms with van der Waals surface area (Å²) in [5, 5.41) is 0. The Hall–Kier alpha value is -2.60. The summed E-state index contributed by atoms with van der Waals surface area (Å²) >= 11 is 0. The first-order valence-corrected chi connectivity index (χ1v) is 7.83. The molecule has 0 saturated carbocycles. The summed E-state index contributed by atoms with van der Waals surface area (Å²) in [7, 11) is 3.20. The number of para-hydroxylation sites is 1. The van der Waals surface area contributed by atoms with Crippen LogP contribution in [-0.4, -0.2) is 43.5 Å². The molecule has 1 unspecified atom stereocenters. The van der Waals surface area contributed by atoms with Gasteiger partial charge in [0.05, 0.1) is 26.0 Å². The fourth-order valence-electron chi connectivity index (χ4n) is 3.03. The van der Waals surface area contributed by atoms with Crippen molar-refractivity contribution in [2.75, 3.05) is 25.6 Å². The molecule has 1 aliphatic rings. The molecule has 2 heterocycles. The van der Waals surface area contributed by atoms with Crippen LogP contribution >= 0.6 is 0 Å². The average molecular weight is 328 g/mol. The minimum atomic E-state index is -0.434. The van der Waals surface area contributed by atoms with Crippen molar-refractivity contribution in [1.82, 2.24) is 4.90 Å². The summed E-state index contributed by atoms with van der Waals surface area (Å²) < 4.78 is 10.1. The number of furan rings is 1. The van der Waals surface area contributed by atoms with E-state index in [0.29, 0.717) is 24.4 Å². The lowest BCUT2D eigenvalue weighted by molar-refractivity contribution is -0.121. The zero-order chi connectivity index (χ0) is 17.1. The zero-order valence-corrected chi connectivity index (χ0v) is 13.8. The van der Waals surface area contributed by atoms with Gasteiger partial charge in [0.25, 0.3) is 0 Å². The second-order valence-corrected chi connectivity index (χ2v) is 5.79. The molecule has 1 atom stereocenters. The number of hydrogen-bond acceptors (Lipinski definition) is 5. The van der Waals surface area contributed by atoms with Gasteiger partial charge in [-0.25, -0.2) is 4.79 Å². The number of rotatable bonds is 5. The molecule has 1 saturated heterocycles. The number of likely N-dealkylation sites (N-methyl/N-ethyl adjacent to an activating group) is 1. The van der Waals surface area contributed by atoms with Crippen LogP contribution in [0.4, 0.5) is 5.69 Å². The van der Waals surface area contributed by atoms with E-state index in [1.54, 1.807) is 11.0 Å². The van der Waals surface area contributed by atoms with Crippen molar-refractivity contribution in [3.8, 4) is 0 Å². The number of methoxy groups -OCH3 is 1. The van der Waals surface area contributed by atoms with Crippen LogP contribution in [0, 0.1) is 0 Å². The van der Waals surface area contributed by atoms with Gasteiger partial charge in [0.15, 0.2) is 0 Å². The molecule has 6 heteroatoms. The van der Waals surface area contributed by atoms with E-state index in [4.69, 9.17) is 9.15 Å². The van der Waals surface area contributed by atoms with E-state index in [9.17, 15) is 9.59 Å². The predicted molar refractivity (Wildman–Crippen MR) is 88.7 cm³/mol. The Morgan fingerprint density at radius 1 is 1.33 bits per heavy atom. The molecule has 0 spiro atoms. The molecule has 0 radical (unpaired) electrons. The smallest absolute Gasteiger partial charge is 0.341 e. The SMILES string of the molecule is COC(=O)c1ccoc1CN(C)C1CCN(c2ccccc2)C1=O. The molecule has 1 fully saturated rings. The molecule has 1 aromatic carbocycles. The van der Waals surface area contributed by atoms with E-state index >= 15 is 0 Å². The fraction of sp³-hybridized carbons (Fsp3) is 0.333. The van der Waals surface area contributed by atoms with Crippen molar-refractivity contribution in [1.29, 1.82) is 0 Å². The van der Waals surface area contributed by atoms with Crippen molar-refractivity contribution in [2.45, 2.75) is 19.0 Å². The summed E-state index contributed by atoms with van der Waals surface area (Å²) in [5.74, 6) is 0.140. The molecule has 2 aromatic rings. The molecule has 1 aliphatic heterocycles. The largest absolute Gasteiger partial charge is 0.467 e. The third kappa shape index (κ3) is 3.05. The lowest BCUT2D eigenvalue weighted by atomic mass is 10.2. The minimum Gasteiger partial charge on any atom is -0.467 e. The van der Waals surface area contributed by atoms with Gasteiger partial charge in [-0.2, -0.15) is 0 Å². The van der Waals surface area contributed by atoms with Gasteiger partial charge in [-0.1, -0.05) is 18.2 Å². The Bertz CT molecular complexity index is 726. The molecule has 3 rings (SSSR count). The first-order chi connectivity index (χ1) is 11.6. The van der Waals surface area contributed by atoms with Crippen LogP contribution < -0.4 is 4.90 Å². The van der Waals surface area contributed by atoms with E-state index in [0.717, 1.165) is 12.1 Å². The molecule has 126 valence electrons. The van der Waals surface area contributed by atoms with Crippen LogP contribution in [0.15, 0.2) is 47.1 Å². The fourth-order valence-corrected chi connectivity index (χ4v) is 3.03. The first kappa shape index (κ1) is 16.3. The van der Waals surface area contributed by atoms with Gasteiger partial charge in [0.2, 0.25) is 5.91 Å². The van der Waals surface area contributed by atoms with Crippen LogP contribution in [0.5, 0.6) is 0 Å². The lowest BCUT2D eigenvalue weighted by Crippen LogP contribution is -2.39. The Morgan fingerprint density at radius 2 is 2.08 bits per heavy atom. The number of nitrogens with zero attached hydrogens (tertiary/aromatic N) is 2. The summed E-state index contributed by atoms with van der Waals surface area (Å²) in [6, 6.07) is 11.0. The van der Waals surface area contributed by atoms with Gasteiger partial charge in [0.1, 0.15) is 11.3 Å². The number of hydrogen-bond donors (Lipinski definition) is 0. The van der Waals surface area contributed by atoms with Crippen LogP contribution in [0.3, 0.4) is 0 Å². The van der Waals surface area contributed by atoms with E-state index in [2.05, 4.69) is 0 Å². The van der Waals surface area contributed by atoms with Gasteiger partial charge in [-0.05, 0) is 31.7 Å². The lowest BCUT2D eigenvalue weighted by Gasteiger charge is -2.23. The molecule has 6 nitrogen and oxygen atoms in total. The highest BCUT2D eigenvalue weighted by molar-refractivity contribution is 5.99. The van der Waals surface area contributed by atoms with Crippen LogP contribution in [0.2, 0.25) is 0 Å². The molecular weight excluding hydrogens is 308 g/mol. The summed E-state index contributed by atoms with van der Waals surface area (Å²) in [5.41, 5.74) is 1.31.